The van der Waals surface area contributed by atoms with Crippen molar-refractivity contribution < 1.29 is 0 Å². The third-order valence-electron chi connectivity index (χ3n) is 8.59. The van der Waals surface area contributed by atoms with Crippen LogP contribution in [0.3, 0.4) is 0 Å². The van der Waals surface area contributed by atoms with Crippen LogP contribution in [0.15, 0.2) is 140 Å². The summed E-state index contributed by atoms with van der Waals surface area (Å²) >= 11 is 0. The van der Waals surface area contributed by atoms with E-state index in [1.165, 1.54) is 21.8 Å². The van der Waals surface area contributed by atoms with E-state index in [4.69, 9.17) is 15.0 Å². The average molecular weight is 566 g/mol. The van der Waals surface area contributed by atoms with Gasteiger partial charge in [-0.15, -0.1) is 0 Å². The zero-order valence-electron chi connectivity index (χ0n) is 23.9. The van der Waals surface area contributed by atoms with Gasteiger partial charge in [0.2, 0.25) is 5.95 Å². The van der Waals surface area contributed by atoms with Gasteiger partial charge in [0.25, 0.3) is 0 Å². The molecule has 0 saturated heterocycles. The molecule has 3 heterocycles. The van der Waals surface area contributed by atoms with E-state index in [0.717, 1.165) is 51.5 Å². The monoisotopic (exact) mass is 565 g/mol. The number of hydrogen-bond donors (Lipinski definition) is 0. The molecule has 0 bridgehead atoms. The number of aromatic nitrogens is 5. The van der Waals surface area contributed by atoms with Crippen LogP contribution in [-0.4, -0.2) is 24.1 Å². The molecular weight excluding hydrogens is 538 g/mol. The van der Waals surface area contributed by atoms with Gasteiger partial charge in [0.15, 0.2) is 11.6 Å². The third-order valence-corrected chi connectivity index (χ3v) is 8.59. The van der Waals surface area contributed by atoms with Crippen LogP contribution in [0.25, 0.3) is 72.2 Å². The molecule has 0 spiro atoms. The van der Waals surface area contributed by atoms with Gasteiger partial charge in [-0.25, -0.2) is 4.98 Å². The van der Waals surface area contributed by atoms with Crippen molar-refractivity contribution >= 4 is 49.2 Å². The van der Waals surface area contributed by atoms with Crippen molar-refractivity contribution in [3.63, 3.8) is 0 Å². The van der Waals surface area contributed by atoms with Crippen molar-refractivity contribution in [1.29, 1.82) is 0 Å². The fourth-order valence-corrected chi connectivity index (χ4v) is 6.59. The Hall–Kier alpha value is -5.81. The van der Waals surface area contributed by atoms with E-state index >= 15 is 0 Å². The van der Waals surface area contributed by atoms with Crippen molar-refractivity contribution in [2.75, 3.05) is 0 Å². The molecular formula is C39H27N5. The maximum Gasteiger partial charge on any atom is 0.238 e. The van der Waals surface area contributed by atoms with Crippen molar-refractivity contribution in [3.05, 3.63) is 145 Å². The van der Waals surface area contributed by atoms with E-state index in [9.17, 15) is 0 Å². The van der Waals surface area contributed by atoms with Crippen LogP contribution in [0.2, 0.25) is 0 Å². The standard InChI is InChI=1S/C39H27N5/c1-4-14-26(15-5-1)37-40-38(27-16-6-2-7-17-27)42-39(41-37)44-34-23-13-11-21-30(34)32-24-35-31(25-36(32)44)29-20-10-12-22-33(29)43(35)28-18-8-3-9-19-28/h1,3-6,8-25H,2,7H2. The zero-order valence-corrected chi connectivity index (χ0v) is 23.9. The molecule has 0 N–H and O–H groups in total. The van der Waals surface area contributed by atoms with Crippen LogP contribution in [0.4, 0.5) is 0 Å². The van der Waals surface area contributed by atoms with E-state index < -0.39 is 0 Å². The second-order valence-electron chi connectivity index (χ2n) is 11.2. The number of allylic oxidation sites excluding steroid dienone is 4. The predicted octanol–water partition coefficient (Wildman–Crippen LogP) is 9.47. The lowest BCUT2D eigenvalue weighted by molar-refractivity contribution is 0.928. The molecule has 0 radical (unpaired) electrons. The number of hydrogen-bond acceptors (Lipinski definition) is 3. The molecule has 3 aromatic heterocycles. The van der Waals surface area contributed by atoms with Gasteiger partial charge in [-0.2, -0.15) is 9.97 Å². The summed E-state index contributed by atoms with van der Waals surface area (Å²) in [7, 11) is 0. The van der Waals surface area contributed by atoms with Gasteiger partial charge in [-0.1, -0.05) is 103 Å². The number of benzene rings is 5. The smallest absolute Gasteiger partial charge is 0.238 e. The second-order valence-corrected chi connectivity index (χ2v) is 11.2. The molecule has 208 valence electrons. The van der Waals surface area contributed by atoms with E-state index in [-0.39, 0.29) is 0 Å². The highest BCUT2D eigenvalue weighted by Gasteiger charge is 2.21. The first-order valence-electron chi connectivity index (χ1n) is 15.0. The highest BCUT2D eigenvalue weighted by atomic mass is 15.2. The molecule has 0 fully saturated rings. The van der Waals surface area contributed by atoms with Crippen molar-refractivity contribution in [3.8, 4) is 23.0 Å². The molecule has 9 rings (SSSR count). The Labute approximate surface area is 254 Å². The van der Waals surface area contributed by atoms with Gasteiger partial charge in [0.05, 0.1) is 22.1 Å². The number of fused-ring (bicyclic) bond motifs is 6. The summed E-state index contributed by atoms with van der Waals surface area (Å²) in [6.07, 6.45) is 8.56. The molecule has 0 aliphatic heterocycles. The van der Waals surface area contributed by atoms with E-state index in [1.807, 2.05) is 18.2 Å². The Kier molecular flexibility index (Phi) is 5.56. The molecule has 44 heavy (non-hydrogen) atoms. The second kappa shape index (κ2) is 9.89. The molecule has 5 nitrogen and oxygen atoms in total. The van der Waals surface area contributed by atoms with Gasteiger partial charge in [-0.3, -0.25) is 4.57 Å². The first-order chi connectivity index (χ1) is 21.8. The lowest BCUT2D eigenvalue weighted by atomic mass is 10.1. The summed E-state index contributed by atoms with van der Waals surface area (Å²) in [5, 5.41) is 4.72. The minimum absolute atomic E-state index is 0.617. The van der Waals surface area contributed by atoms with Crippen molar-refractivity contribution in [2.45, 2.75) is 12.8 Å². The van der Waals surface area contributed by atoms with Crippen LogP contribution >= 0.6 is 0 Å². The summed E-state index contributed by atoms with van der Waals surface area (Å²) in [6, 6.07) is 42.6. The van der Waals surface area contributed by atoms with Crippen molar-refractivity contribution in [2.24, 2.45) is 0 Å². The fraction of sp³-hybridized carbons (Fsp3) is 0.0513. The maximum absolute atomic E-state index is 5.14. The van der Waals surface area contributed by atoms with Crippen molar-refractivity contribution in [1.82, 2.24) is 24.1 Å². The van der Waals surface area contributed by atoms with Crippen LogP contribution in [-0.2, 0) is 0 Å². The molecule has 8 aromatic rings. The van der Waals surface area contributed by atoms with Crippen LogP contribution in [0.5, 0.6) is 0 Å². The molecule has 1 aliphatic carbocycles. The Morgan fingerprint density at radius 2 is 1.07 bits per heavy atom. The van der Waals surface area contributed by atoms with Gasteiger partial charge < -0.3 is 4.57 Å². The summed E-state index contributed by atoms with van der Waals surface area (Å²) in [6.45, 7) is 0. The lowest BCUT2D eigenvalue weighted by Gasteiger charge is -2.12. The summed E-state index contributed by atoms with van der Waals surface area (Å²) in [5.74, 6) is 1.97. The normalized spacial score (nSPS) is 13.3. The number of nitrogens with zero attached hydrogens (tertiary/aromatic N) is 5. The molecule has 1 aliphatic rings. The van der Waals surface area contributed by atoms with Gasteiger partial charge in [-0.05, 0) is 49.2 Å². The zero-order chi connectivity index (χ0) is 29.0. The Bertz CT molecular complexity index is 2430. The SMILES string of the molecule is C1=CC(c2nc(-c3ccccc3)nc(-n3c4ccccc4c4cc5c(cc43)c3ccccc3n5-c3ccccc3)n2)=CCC1. The van der Waals surface area contributed by atoms with E-state index in [1.54, 1.807) is 0 Å². The Balaban J connectivity index is 1.39. The summed E-state index contributed by atoms with van der Waals surface area (Å²) in [5.41, 5.74) is 7.63. The highest BCUT2D eigenvalue weighted by molar-refractivity contribution is 6.18. The first kappa shape index (κ1) is 24.8. The van der Waals surface area contributed by atoms with Gasteiger partial charge in [0.1, 0.15) is 0 Å². The summed E-state index contributed by atoms with van der Waals surface area (Å²) in [4.78, 5) is 15.2. The van der Waals surface area contributed by atoms with Gasteiger partial charge in [0, 0.05) is 38.4 Å². The lowest BCUT2D eigenvalue weighted by Crippen LogP contribution is -2.08. The van der Waals surface area contributed by atoms with Crippen LogP contribution < -0.4 is 0 Å². The molecule has 0 saturated carbocycles. The number of para-hydroxylation sites is 3. The van der Waals surface area contributed by atoms with E-state index in [0.29, 0.717) is 17.6 Å². The molecule has 0 unspecified atom stereocenters. The quantitative estimate of drug-likeness (QED) is 0.214. The minimum Gasteiger partial charge on any atom is -0.309 e. The predicted molar refractivity (Wildman–Crippen MR) is 180 cm³/mol. The minimum atomic E-state index is 0.617. The van der Waals surface area contributed by atoms with Crippen LogP contribution in [0.1, 0.15) is 18.7 Å². The topological polar surface area (TPSA) is 48.5 Å². The number of rotatable bonds is 4. The fourth-order valence-electron chi connectivity index (χ4n) is 6.59. The van der Waals surface area contributed by atoms with E-state index in [2.05, 4.69) is 130 Å². The maximum atomic E-state index is 5.14. The molecule has 5 heteroatoms. The highest BCUT2D eigenvalue weighted by Crippen LogP contribution is 2.39. The largest absolute Gasteiger partial charge is 0.309 e. The molecule has 0 atom stereocenters. The molecule has 0 amide bonds. The molecule has 5 aromatic carbocycles. The Morgan fingerprint density at radius 3 is 1.75 bits per heavy atom. The summed E-state index contributed by atoms with van der Waals surface area (Å²) < 4.78 is 4.58. The van der Waals surface area contributed by atoms with Crippen LogP contribution in [0, 0.1) is 0 Å². The van der Waals surface area contributed by atoms with Gasteiger partial charge >= 0.3 is 0 Å². The third kappa shape index (κ3) is 3.83. The Morgan fingerprint density at radius 1 is 0.477 bits per heavy atom. The first-order valence-corrected chi connectivity index (χ1v) is 15.0. The average Bonchev–Trinajstić information content (AvgIpc) is 3.60.